The molecule has 1 rings (SSSR count). The summed E-state index contributed by atoms with van der Waals surface area (Å²) in [7, 11) is 0. The number of benzene rings is 1. The molecule has 3 heteroatoms. The third-order valence-electron chi connectivity index (χ3n) is 1.71. The van der Waals surface area contributed by atoms with E-state index in [0.717, 1.165) is 5.56 Å². The Balaban J connectivity index is 2.89. The van der Waals surface area contributed by atoms with Gasteiger partial charge in [0.1, 0.15) is 5.82 Å². The molecule has 0 aromatic heterocycles. The molecule has 0 unspecified atom stereocenters. The second-order valence-electron chi connectivity index (χ2n) is 2.64. The van der Waals surface area contributed by atoms with E-state index in [1.165, 1.54) is 6.07 Å². The maximum Gasteiger partial charge on any atom is 0.128 e. The lowest BCUT2D eigenvalue weighted by molar-refractivity contribution is 0.610. The molecular weight excluding hydrogens is 185 g/mol. The number of hydrogen-bond acceptors (Lipinski definition) is 2. The summed E-state index contributed by atoms with van der Waals surface area (Å²) in [6, 6.07) is 5.01. The van der Waals surface area contributed by atoms with Crippen LogP contribution in [0.1, 0.15) is 11.1 Å². The molecule has 0 fully saturated rings. The molecule has 0 aliphatic heterocycles. The quantitative estimate of drug-likeness (QED) is 0.714. The van der Waals surface area contributed by atoms with E-state index in [1.54, 1.807) is 6.07 Å². The van der Waals surface area contributed by atoms with Crippen molar-refractivity contribution in [2.45, 2.75) is 6.54 Å². The third kappa shape index (κ3) is 2.86. The van der Waals surface area contributed by atoms with Gasteiger partial charge in [-0.25, -0.2) is 4.39 Å². The average molecular weight is 197 g/mol. The Morgan fingerprint density at radius 2 is 2.23 bits per heavy atom. The Kier molecular flexibility index (Phi) is 3.99. The molecule has 1 nitrogen and oxygen atoms in total. The van der Waals surface area contributed by atoms with Crippen LogP contribution in [0, 0.1) is 5.82 Å². The molecule has 0 saturated heterocycles. The minimum atomic E-state index is -0.246. The van der Waals surface area contributed by atoms with Crippen molar-refractivity contribution in [1.29, 1.82) is 0 Å². The molecule has 1 aromatic rings. The third-order valence-corrected chi connectivity index (χ3v) is 1.92. The number of halogens is 1. The second-order valence-corrected chi connectivity index (χ2v) is 3.01. The Morgan fingerprint density at radius 1 is 1.46 bits per heavy atom. The molecule has 0 bridgehead atoms. The van der Waals surface area contributed by atoms with Gasteiger partial charge in [0.2, 0.25) is 0 Å². The summed E-state index contributed by atoms with van der Waals surface area (Å²) < 4.78 is 13.1. The molecule has 13 heavy (non-hydrogen) atoms. The first kappa shape index (κ1) is 10.3. The number of nitrogens with two attached hydrogens (primary N) is 1. The van der Waals surface area contributed by atoms with Crippen LogP contribution in [-0.4, -0.2) is 5.75 Å². The topological polar surface area (TPSA) is 26.0 Å². The van der Waals surface area contributed by atoms with Gasteiger partial charge in [-0.05, 0) is 11.6 Å². The maximum absolute atomic E-state index is 13.1. The van der Waals surface area contributed by atoms with Gasteiger partial charge >= 0.3 is 0 Å². The van der Waals surface area contributed by atoms with E-state index in [2.05, 4.69) is 12.6 Å². The minimum Gasteiger partial charge on any atom is -0.326 e. The standard InChI is InChI=1S/C10H12FNS/c11-10-6-8(2-1-5-13)3-4-9(10)7-12/h1-4,6,13H,5,7,12H2. The number of thiol groups is 1. The van der Waals surface area contributed by atoms with Crippen molar-refractivity contribution in [1.82, 2.24) is 0 Å². The number of rotatable bonds is 3. The van der Waals surface area contributed by atoms with Gasteiger partial charge in [-0.2, -0.15) is 12.6 Å². The lowest BCUT2D eigenvalue weighted by Crippen LogP contribution is -1.99. The minimum absolute atomic E-state index is 0.238. The maximum atomic E-state index is 13.1. The highest BCUT2D eigenvalue weighted by Gasteiger charge is 1.98. The first-order valence-electron chi connectivity index (χ1n) is 4.04. The fourth-order valence-electron chi connectivity index (χ4n) is 1.02. The van der Waals surface area contributed by atoms with E-state index in [9.17, 15) is 4.39 Å². The molecule has 0 heterocycles. The zero-order chi connectivity index (χ0) is 9.68. The summed E-state index contributed by atoms with van der Waals surface area (Å²) in [5.41, 5.74) is 6.71. The van der Waals surface area contributed by atoms with E-state index in [0.29, 0.717) is 11.3 Å². The van der Waals surface area contributed by atoms with Crippen molar-refractivity contribution in [3.63, 3.8) is 0 Å². The summed E-state index contributed by atoms with van der Waals surface area (Å²) >= 11 is 4.01. The highest BCUT2D eigenvalue weighted by atomic mass is 32.1. The SMILES string of the molecule is NCc1ccc(C=CCS)cc1F. The predicted octanol–water partition coefficient (Wildman–Crippen LogP) is 2.23. The molecule has 0 atom stereocenters. The van der Waals surface area contributed by atoms with Crippen LogP contribution in [0.15, 0.2) is 24.3 Å². The normalized spacial score (nSPS) is 11.0. The van der Waals surface area contributed by atoms with Gasteiger partial charge in [-0.3, -0.25) is 0 Å². The fraction of sp³-hybridized carbons (Fsp3) is 0.200. The first-order chi connectivity index (χ1) is 6.27. The van der Waals surface area contributed by atoms with Gasteiger partial charge < -0.3 is 5.73 Å². The Labute approximate surface area is 82.9 Å². The summed E-state index contributed by atoms with van der Waals surface area (Å²) in [4.78, 5) is 0. The van der Waals surface area contributed by atoms with Crippen molar-refractivity contribution in [3.8, 4) is 0 Å². The zero-order valence-corrected chi connectivity index (χ0v) is 8.10. The molecular formula is C10H12FNS. The highest BCUT2D eigenvalue weighted by molar-refractivity contribution is 7.80. The molecule has 0 radical (unpaired) electrons. The Bertz CT molecular complexity index is 310. The van der Waals surface area contributed by atoms with E-state index in [-0.39, 0.29) is 12.4 Å². The molecule has 0 saturated carbocycles. The monoisotopic (exact) mass is 197 g/mol. The molecule has 0 aliphatic rings. The van der Waals surface area contributed by atoms with Gasteiger partial charge in [0.25, 0.3) is 0 Å². The first-order valence-corrected chi connectivity index (χ1v) is 4.67. The zero-order valence-electron chi connectivity index (χ0n) is 7.20. The smallest absolute Gasteiger partial charge is 0.128 e. The molecule has 2 N–H and O–H groups in total. The molecule has 0 spiro atoms. The van der Waals surface area contributed by atoms with E-state index in [4.69, 9.17) is 5.73 Å². The van der Waals surface area contributed by atoms with Gasteiger partial charge in [0.15, 0.2) is 0 Å². The van der Waals surface area contributed by atoms with Crippen molar-refractivity contribution < 1.29 is 4.39 Å². The van der Waals surface area contributed by atoms with Gasteiger partial charge in [0, 0.05) is 17.9 Å². The summed E-state index contributed by atoms with van der Waals surface area (Å²) in [5.74, 6) is 0.407. The lowest BCUT2D eigenvalue weighted by atomic mass is 10.1. The fourth-order valence-corrected chi connectivity index (χ4v) is 1.13. The van der Waals surface area contributed by atoms with E-state index in [1.807, 2.05) is 18.2 Å². The van der Waals surface area contributed by atoms with E-state index < -0.39 is 0 Å². The average Bonchev–Trinajstić information content (AvgIpc) is 2.15. The van der Waals surface area contributed by atoms with Crippen molar-refractivity contribution in [3.05, 3.63) is 41.2 Å². The predicted molar refractivity (Wildman–Crippen MR) is 57.2 cm³/mol. The summed E-state index contributed by atoms with van der Waals surface area (Å²) in [5, 5.41) is 0. The van der Waals surface area contributed by atoms with Gasteiger partial charge in [0.05, 0.1) is 0 Å². The Hall–Kier alpha value is -0.800. The molecule has 70 valence electrons. The van der Waals surface area contributed by atoms with Crippen molar-refractivity contribution in [2.75, 3.05) is 5.75 Å². The second kappa shape index (κ2) is 5.04. The number of hydrogen-bond donors (Lipinski definition) is 2. The van der Waals surface area contributed by atoms with Crippen LogP contribution in [0.3, 0.4) is 0 Å². The molecule has 0 amide bonds. The highest BCUT2D eigenvalue weighted by Crippen LogP contribution is 2.11. The lowest BCUT2D eigenvalue weighted by Gasteiger charge is -2.00. The van der Waals surface area contributed by atoms with E-state index >= 15 is 0 Å². The van der Waals surface area contributed by atoms with Crippen molar-refractivity contribution >= 4 is 18.7 Å². The summed E-state index contributed by atoms with van der Waals surface area (Å²) in [6.45, 7) is 0.238. The largest absolute Gasteiger partial charge is 0.326 e. The van der Waals surface area contributed by atoms with Crippen LogP contribution in [0.4, 0.5) is 4.39 Å². The van der Waals surface area contributed by atoms with Crippen LogP contribution in [-0.2, 0) is 6.54 Å². The van der Waals surface area contributed by atoms with Crippen molar-refractivity contribution in [2.24, 2.45) is 5.73 Å². The van der Waals surface area contributed by atoms with Gasteiger partial charge in [-0.15, -0.1) is 0 Å². The van der Waals surface area contributed by atoms with Crippen LogP contribution < -0.4 is 5.73 Å². The Morgan fingerprint density at radius 3 is 2.77 bits per heavy atom. The van der Waals surface area contributed by atoms with Crippen LogP contribution in [0.2, 0.25) is 0 Å². The molecule has 1 aromatic carbocycles. The van der Waals surface area contributed by atoms with Crippen LogP contribution in [0.5, 0.6) is 0 Å². The molecule has 0 aliphatic carbocycles. The van der Waals surface area contributed by atoms with Crippen LogP contribution in [0.25, 0.3) is 6.08 Å². The van der Waals surface area contributed by atoms with Crippen LogP contribution >= 0.6 is 12.6 Å². The summed E-state index contributed by atoms with van der Waals surface area (Å²) in [6.07, 6.45) is 3.69. The van der Waals surface area contributed by atoms with Gasteiger partial charge in [-0.1, -0.05) is 24.3 Å².